The van der Waals surface area contributed by atoms with Gasteiger partial charge in [-0.05, 0) is 30.5 Å². The third-order valence-electron chi connectivity index (χ3n) is 5.55. The smallest absolute Gasteiger partial charge is 0.270 e. The van der Waals surface area contributed by atoms with E-state index in [1.807, 2.05) is 48.5 Å². The van der Waals surface area contributed by atoms with Crippen LogP contribution in [0.15, 0.2) is 71.7 Å². The quantitative estimate of drug-likeness (QED) is 0.564. The maximum absolute atomic E-state index is 13.4. The third kappa shape index (κ3) is 3.42. The average molecular weight is 385 g/mol. The lowest BCUT2D eigenvalue weighted by atomic mass is 10.2. The molecule has 2 heterocycles. The molecule has 0 saturated heterocycles. The van der Waals surface area contributed by atoms with Crippen LogP contribution in [0, 0.1) is 0 Å². The first-order chi connectivity index (χ1) is 14.3. The number of nitrogens with zero attached hydrogens (tertiary/aromatic N) is 4. The monoisotopic (exact) mass is 385 g/mol. The molecule has 146 valence electrons. The Labute approximate surface area is 168 Å². The Balaban J connectivity index is 1.65. The zero-order valence-corrected chi connectivity index (χ0v) is 16.2. The van der Waals surface area contributed by atoms with Crippen LogP contribution < -0.4 is 10.9 Å². The minimum atomic E-state index is -0.0963. The maximum Gasteiger partial charge on any atom is 0.270 e. The van der Waals surface area contributed by atoms with E-state index in [-0.39, 0.29) is 5.56 Å². The van der Waals surface area contributed by atoms with Gasteiger partial charge in [-0.2, -0.15) is 10.1 Å². The number of nitrogens with one attached hydrogen (secondary N) is 1. The van der Waals surface area contributed by atoms with Crippen LogP contribution >= 0.6 is 0 Å². The van der Waals surface area contributed by atoms with Crippen LogP contribution in [0.3, 0.4) is 0 Å². The maximum atomic E-state index is 13.4. The molecule has 1 aliphatic rings. The molecule has 1 fully saturated rings. The van der Waals surface area contributed by atoms with Crippen molar-refractivity contribution in [3.05, 3.63) is 82.8 Å². The fourth-order valence-corrected chi connectivity index (χ4v) is 4.05. The molecule has 0 atom stereocenters. The molecule has 2 aromatic heterocycles. The van der Waals surface area contributed by atoms with Crippen molar-refractivity contribution >= 4 is 17.0 Å². The van der Waals surface area contributed by atoms with E-state index >= 15 is 0 Å². The van der Waals surface area contributed by atoms with Gasteiger partial charge in [0.2, 0.25) is 5.95 Å². The molecule has 0 bridgehead atoms. The first-order valence-electron chi connectivity index (χ1n) is 10.1. The molecular weight excluding hydrogens is 362 g/mol. The highest BCUT2D eigenvalue weighted by atomic mass is 16.1. The summed E-state index contributed by atoms with van der Waals surface area (Å²) < 4.78 is 3.48. The Bertz CT molecular complexity index is 1170. The fraction of sp³-hybridized carbons (Fsp3) is 0.261. The highest BCUT2D eigenvalue weighted by molar-refractivity contribution is 5.75. The summed E-state index contributed by atoms with van der Waals surface area (Å²) in [5.74, 6) is 0.593. The van der Waals surface area contributed by atoms with Crippen molar-refractivity contribution in [2.45, 2.75) is 38.3 Å². The average Bonchev–Trinajstić information content (AvgIpc) is 3.40. The number of hydrogen-bond donors (Lipinski definition) is 1. The molecule has 0 unspecified atom stereocenters. The van der Waals surface area contributed by atoms with Crippen LogP contribution in [0.25, 0.3) is 16.7 Å². The van der Waals surface area contributed by atoms with E-state index in [4.69, 9.17) is 4.98 Å². The summed E-state index contributed by atoms with van der Waals surface area (Å²) in [4.78, 5) is 18.3. The highest BCUT2D eigenvalue weighted by Crippen LogP contribution is 2.23. The summed E-state index contributed by atoms with van der Waals surface area (Å²) in [6, 6.07) is 20.1. The molecular formula is C23H23N5O. The Morgan fingerprint density at radius 3 is 2.38 bits per heavy atom. The standard InChI is InChI=1S/C23H23N5O/c29-22-20-15-24-27(16-17-9-3-1-4-10-17)21(20)26-23(25-18-11-7-8-12-18)28(22)19-13-5-2-6-14-19/h1-6,9-10,13-15,18H,7-8,11-12,16H2,(H,25,26). The van der Waals surface area contributed by atoms with Crippen molar-refractivity contribution < 1.29 is 0 Å². The van der Waals surface area contributed by atoms with Crippen molar-refractivity contribution in [1.29, 1.82) is 0 Å². The number of aromatic nitrogens is 4. The van der Waals surface area contributed by atoms with Gasteiger partial charge in [0, 0.05) is 6.04 Å². The molecule has 0 aliphatic heterocycles. The second-order valence-electron chi connectivity index (χ2n) is 7.56. The summed E-state index contributed by atoms with van der Waals surface area (Å²) in [6.45, 7) is 0.578. The van der Waals surface area contributed by atoms with Crippen molar-refractivity contribution in [3.63, 3.8) is 0 Å². The first kappa shape index (κ1) is 17.7. The molecule has 0 amide bonds. The topological polar surface area (TPSA) is 64.7 Å². The van der Waals surface area contributed by atoms with Gasteiger partial charge in [0.15, 0.2) is 5.65 Å². The van der Waals surface area contributed by atoms with E-state index in [2.05, 4.69) is 22.5 Å². The Hall–Kier alpha value is -3.41. The zero-order valence-electron chi connectivity index (χ0n) is 16.2. The van der Waals surface area contributed by atoms with Crippen molar-refractivity contribution in [2.75, 3.05) is 5.32 Å². The minimum absolute atomic E-state index is 0.0963. The minimum Gasteiger partial charge on any atom is -0.352 e. The van der Waals surface area contributed by atoms with Crippen molar-refractivity contribution in [1.82, 2.24) is 19.3 Å². The summed E-state index contributed by atoms with van der Waals surface area (Å²) in [7, 11) is 0. The van der Waals surface area contributed by atoms with Gasteiger partial charge in [-0.25, -0.2) is 9.25 Å². The third-order valence-corrected chi connectivity index (χ3v) is 5.55. The van der Waals surface area contributed by atoms with Crippen molar-refractivity contribution in [2.24, 2.45) is 0 Å². The molecule has 0 radical (unpaired) electrons. The summed E-state index contributed by atoms with van der Waals surface area (Å²) in [6.07, 6.45) is 6.26. The van der Waals surface area contributed by atoms with E-state index in [9.17, 15) is 4.79 Å². The molecule has 6 nitrogen and oxygen atoms in total. The lowest BCUT2D eigenvalue weighted by molar-refractivity contribution is 0.698. The number of rotatable bonds is 5. The van der Waals surface area contributed by atoms with Crippen LogP contribution in [0.1, 0.15) is 31.2 Å². The van der Waals surface area contributed by atoms with E-state index in [1.54, 1.807) is 15.4 Å². The lowest BCUT2D eigenvalue weighted by Crippen LogP contribution is -2.27. The second kappa shape index (κ2) is 7.54. The Morgan fingerprint density at radius 2 is 1.66 bits per heavy atom. The second-order valence-corrected chi connectivity index (χ2v) is 7.56. The lowest BCUT2D eigenvalue weighted by Gasteiger charge is -2.18. The molecule has 0 spiro atoms. The van der Waals surface area contributed by atoms with Gasteiger partial charge >= 0.3 is 0 Å². The predicted molar refractivity (Wildman–Crippen MR) is 115 cm³/mol. The number of fused-ring (bicyclic) bond motifs is 1. The number of hydrogen-bond acceptors (Lipinski definition) is 4. The Kier molecular flexibility index (Phi) is 4.60. The fourth-order valence-electron chi connectivity index (χ4n) is 4.05. The number of anilines is 1. The molecule has 1 N–H and O–H groups in total. The van der Waals surface area contributed by atoms with Crippen LogP contribution in [-0.4, -0.2) is 25.4 Å². The first-order valence-corrected chi connectivity index (χ1v) is 10.1. The van der Waals surface area contributed by atoms with Gasteiger partial charge in [0.1, 0.15) is 5.39 Å². The normalized spacial score (nSPS) is 14.5. The predicted octanol–water partition coefficient (Wildman–Crippen LogP) is 3.99. The molecule has 1 saturated carbocycles. The largest absolute Gasteiger partial charge is 0.352 e. The summed E-state index contributed by atoms with van der Waals surface area (Å²) in [5, 5.41) is 8.53. The highest BCUT2D eigenvalue weighted by Gasteiger charge is 2.21. The van der Waals surface area contributed by atoms with Crippen LogP contribution in [0.2, 0.25) is 0 Å². The van der Waals surface area contributed by atoms with Gasteiger partial charge in [0.05, 0.1) is 18.4 Å². The molecule has 6 heteroatoms. The van der Waals surface area contributed by atoms with Crippen LogP contribution in [0.4, 0.5) is 5.95 Å². The van der Waals surface area contributed by atoms with E-state index in [0.29, 0.717) is 29.6 Å². The van der Waals surface area contributed by atoms with Crippen LogP contribution in [-0.2, 0) is 6.54 Å². The molecule has 4 aromatic rings. The van der Waals surface area contributed by atoms with Gasteiger partial charge in [0.25, 0.3) is 5.56 Å². The van der Waals surface area contributed by atoms with Crippen LogP contribution in [0.5, 0.6) is 0 Å². The van der Waals surface area contributed by atoms with Gasteiger partial charge < -0.3 is 5.32 Å². The molecule has 29 heavy (non-hydrogen) atoms. The van der Waals surface area contributed by atoms with Gasteiger partial charge in [-0.1, -0.05) is 61.4 Å². The Morgan fingerprint density at radius 1 is 0.966 bits per heavy atom. The summed E-state index contributed by atoms with van der Waals surface area (Å²) in [5.41, 5.74) is 2.45. The SMILES string of the molecule is O=c1c2cnn(Cc3ccccc3)c2nc(NC2CCCC2)n1-c1ccccc1. The van der Waals surface area contributed by atoms with E-state index in [1.165, 1.54) is 12.8 Å². The van der Waals surface area contributed by atoms with Gasteiger partial charge in [-0.3, -0.25) is 4.79 Å². The summed E-state index contributed by atoms with van der Waals surface area (Å²) >= 11 is 0. The molecule has 5 rings (SSSR count). The zero-order chi connectivity index (χ0) is 19.6. The van der Waals surface area contributed by atoms with E-state index in [0.717, 1.165) is 24.1 Å². The number of para-hydroxylation sites is 1. The molecule has 1 aliphatic carbocycles. The molecule has 2 aromatic carbocycles. The number of benzene rings is 2. The van der Waals surface area contributed by atoms with Crippen molar-refractivity contribution in [3.8, 4) is 5.69 Å². The van der Waals surface area contributed by atoms with E-state index < -0.39 is 0 Å². The van der Waals surface area contributed by atoms with Gasteiger partial charge in [-0.15, -0.1) is 0 Å².